The molecule has 2 N–H and O–H groups in total. The molecule has 3 aromatic rings. The van der Waals surface area contributed by atoms with Crippen molar-refractivity contribution in [1.82, 2.24) is 20.3 Å². The smallest absolute Gasteiger partial charge is 0.475 e. The maximum absolute atomic E-state index is 13.7. The summed E-state index contributed by atoms with van der Waals surface area (Å²) in [6.45, 7) is 12.1. The fraction of sp³-hybridized carbons (Fsp3) is 0.357. The van der Waals surface area contributed by atoms with E-state index in [-0.39, 0.29) is 17.1 Å². The van der Waals surface area contributed by atoms with Gasteiger partial charge in [0.2, 0.25) is 11.7 Å². The van der Waals surface area contributed by atoms with Crippen molar-refractivity contribution in [1.29, 1.82) is 0 Å². The minimum atomic E-state index is -5.08. The van der Waals surface area contributed by atoms with Gasteiger partial charge >= 0.3 is 12.1 Å². The first-order chi connectivity index (χ1) is 18.4. The van der Waals surface area contributed by atoms with Gasteiger partial charge in [-0.25, -0.2) is 14.8 Å². The Kier molecular flexibility index (Phi) is 10.1. The van der Waals surface area contributed by atoms with Crippen LogP contribution in [0.5, 0.6) is 0 Å². The molecule has 0 aliphatic rings. The van der Waals surface area contributed by atoms with Crippen LogP contribution < -0.4 is 10.2 Å². The third kappa shape index (κ3) is 9.14. The monoisotopic (exact) mass is 559 g/mol. The number of rotatable bonds is 5. The molecule has 0 radical (unpaired) electrons. The number of nitrogens with one attached hydrogen (secondary N) is 1. The lowest BCUT2D eigenvalue weighted by Gasteiger charge is -2.33. The van der Waals surface area contributed by atoms with E-state index in [9.17, 15) is 22.8 Å². The molecule has 0 spiro atoms. The van der Waals surface area contributed by atoms with Crippen molar-refractivity contribution in [3.63, 3.8) is 0 Å². The molecule has 12 heteroatoms. The minimum absolute atomic E-state index is 0.00912. The molecule has 2 aromatic heterocycles. The lowest BCUT2D eigenvalue weighted by Crippen LogP contribution is -2.49. The zero-order valence-corrected chi connectivity index (χ0v) is 23.0. The Labute approximate surface area is 230 Å². The Morgan fingerprint density at radius 1 is 0.875 bits per heavy atom. The molecular weight excluding hydrogens is 527 g/mol. The highest BCUT2D eigenvalue weighted by Crippen LogP contribution is 2.32. The molecule has 1 unspecified atom stereocenters. The molecule has 0 bridgehead atoms. The topological polar surface area (TPSA) is 125 Å². The third-order valence-electron chi connectivity index (χ3n) is 5.23. The van der Waals surface area contributed by atoms with Crippen molar-refractivity contribution in [3.05, 3.63) is 84.2 Å². The SMILES string of the molecule is CC(C)(C)NC(=O)C(c1cccnc1)N(C(=O)c1ncccn1)c1ccc(C(C)(C)C)cc1.O=C(O)C(F)(F)F. The van der Waals surface area contributed by atoms with Crippen LogP contribution in [0.25, 0.3) is 0 Å². The Bertz CT molecular complexity index is 1290. The Balaban J connectivity index is 0.000000708. The number of hydrogen-bond acceptors (Lipinski definition) is 6. The summed E-state index contributed by atoms with van der Waals surface area (Å²) >= 11 is 0. The van der Waals surface area contributed by atoms with Crippen LogP contribution in [-0.2, 0) is 15.0 Å². The van der Waals surface area contributed by atoms with E-state index in [0.717, 1.165) is 5.56 Å². The molecule has 2 amide bonds. The average molecular weight is 560 g/mol. The number of carboxylic acids is 1. The van der Waals surface area contributed by atoms with Gasteiger partial charge in [-0.3, -0.25) is 19.5 Å². The maximum atomic E-state index is 13.7. The van der Waals surface area contributed by atoms with Crippen LogP contribution >= 0.6 is 0 Å². The molecule has 0 aliphatic carbocycles. The van der Waals surface area contributed by atoms with E-state index in [1.807, 2.05) is 45.0 Å². The Morgan fingerprint density at radius 2 is 1.43 bits per heavy atom. The second-order valence-electron chi connectivity index (χ2n) is 10.8. The highest BCUT2D eigenvalue weighted by atomic mass is 19.4. The maximum Gasteiger partial charge on any atom is 0.490 e. The number of carbonyl (C=O) groups is 3. The number of alkyl halides is 3. The number of halogens is 3. The minimum Gasteiger partial charge on any atom is -0.475 e. The van der Waals surface area contributed by atoms with Crippen molar-refractivity contribution in [3.8, 4) is 0 Å². The number of amides is 2. The van der Waals surface area contributed by atoms with Crippen molar-refractivity contribution >= 4 is 23.5 Å². The number of benzene rings is 1. The molecule has 0 fully saturated rings. The summed E-state index contributed by atoms with van der Waals surface area (Å²) < 4.78 is 31.7. The lowest BCUT2D eigenvalue weighted by atomic mass is 9.87. The van der Waals surface area contributed by atoms with Crippen molar-refractivity contribution in [2.75, 3.05) is 4.90 Å². The summed E-state index contributed by atoms with van der Waals surface area (Å²) in [6, 6.07) is 11.9. The molecule has 2 heterocycles. The number of carbonyl (C=O) groups excluding carboxylic acids is 2. The molecule has 0 aliphatic heterocycles. The molecule has 9 nitrogen and oxygen atoms in total. The summed E-state index contributed by atoms with van der Waals surface area (Å²) in [6.07, 6.45) is 1.17. The van der Waals surface area contributed by atoms with Gasteiger partial charge in [0.15, 0.2) is 0 Å². The quantitative estimate of drug-likeness (QED) is 0.445. The van der Waals surface area contributed by atoms with E-state index < -0.39 is 29.6 Å². The van der Waals surface area contributed by atoms with E-state index in [1.54, 1.807) is 30.6 Å². The normalized spacial score (nSPS) is 12.4. The van der Waals surface area contributed by atoms with Gasteiger partial charge in [0.1, 0.15) is 6.04 Å². The summed E-state index contributed by atoms with van der Waals surface area (Å²) in [5, 5.41) is 10.1. The van der Waals surface area contributed by atoms with E-state index in [0.29, 0.717) is 11.3 Å². The summed E-state index contributed by atoms with van der Waals surface area (Å²) in [5.74, 6) is -3.54. The molecule has 214 valence electrons. The summed E-state index contributed by atoms with van der Waals surface area (Å²) in [7, 11) is 0. The van der Waals surface area contributed by atoms with Gasteiger partial charge in [-0.1, -0.05) is 39.0 Å². The van der Waals surface area contributed by atoms with Crippen LogP contribution in [0.4, 0.5) is 18.9 Å². The van der Waals surface area contributed by atoms with Crippen molar-refractivity contribution in [2.45, 2.75) is 64.7 Å². The highest BCUT2D eigenvalue weighted by Gasteiger charge is 2.38. The fourth-order valence-corrected chi connectivity index (χ4v) is 3.42. The largest absolute Gasteiger partial charge is 0.490 e. The number of carboxylic acid groups (broad SMARTS) is 1. The van der Waals surface area contributed by atoms with Gasteiger partial charge in [0.25, 0.3) is 5.91 Å². The van der Waals surface area contributed by atoms with Gasteiger partial charge < -0.3 is 10.4 Å². The van der Waals surface area contributed by atoms with Crippen LogP contribution in [-0.4, -0.2) is 49.6 Å². The third-order valence-corrected chi connectivity index (χ3v) is 5.23. The molecule has 40 heavy (non-hydrogen) atoms. The second kappa shape index (κ2) is 12.7. The number of aliphatic carboxylic acids is 1. The number of anilines is 1. The van der Waals surface area contributed by atoms with E-state index in [2.05, 4.69) is 41.0 Å². The van der Waals surface area contributed by atoms with Gasteiger partial charge in [-0.05, 0) is 56.0 Å². The number of hydrogen-bond donors (Lipinski definition) is 2. The van der Waals surface area contributed by atoms with Crippen LogP contribution in [0.1, 0.15) is 69.3 Å². The lowest BCUT2D eigenvalue weighted by molar-refractivity contribution is -0.192. The van der Waals surface area contributed by atoms with Crippen LogP contribution in [0.3, 0.4) is 0 Å². The van der Waals surface area contributed by atoms with E-state index in [4.69, 9.17) is 9.90 Å². The average Bonchev–Trinajstić information content (AvgIpc) is 2.86. The van der Waals surface area contributed by atoms with E-state index >= 15 is 0 Å². The molecule has 1 atom stereocenters. The predicted octanol–water partition coefficient (Wildman–Crippen LogP) is 5.11. The Hall–Kier alpha value is -4.35. The molecular formula is C28H32F3N5O4. The molecule has 0 saturated carbocycles. The summed E-state index contributed by atoms with van der Waals surface area (Å²) in [4.78, 5) is 50.1. The van der Waals surface area contributed by atoms with Crippen LogP contribution in [0.2, 0.25) is 0 Å². The van der Waals surface area contributed by atoms with Gasteiger partial charge in [-0.2, -0.15) is 13.2 Å². The van der Waals surface area contributed by atoms with Gasteiger partial charge in [0.05, 0.1) is 0 Å². The molecule has 1 aromatic carbocycles. The Morgan fingerprint density at radius 3 is 1.85 bits per heavy atom. The first kappa shape index (κ1) is 31.9. The number of aromatic nitrogens is 3. The van der Waals surface area contributed by atoms with Gasteiger partial charge in [-0.15, -0.1) is 0 Å². The predicted molar refractivity (Wildman–Crippen MR) is 143 cm³/mol. The van der Waals surface area contributed by atoms with E-state index in [1.165, 1.54) is 17.3 Å². The second-order valence-corrected chi connectivity index (χ2v) is 10.8. The molecule has 0 saturated heterocycles. The zero-order chi connectivity index (χ0) is 30.3. The van der Waals surface area contributed by atoms with Crippen LogP contribution in [0.15, 0.2) is 67.3 Å². The van der Waals surface area contributed by atoms with Crippen molar-refractivity contribution in [2.24, 2.45) is 0 Å². The van der Waals surface area contributed by atoms with Crippen molar-refractivity contribution < 1.29 is 32.7 Å². The number of nitrogens with zero attached hydrogens (tertiary/aromatic N) is 4. The molecule has 3 rings (SSSR count). The zero-order valence-electron chi connectivity index (χ0n) is 23.0. The first-order valence-corrected chi connectivity index (χ1v) is 12.1. The summed E-state index contributed by atoms with van der Waals surface area (Å²) in [5.41, 5.74) is 1.72. The first-order valence-electron chi connectivity index (χ1n) is 12.1. The van der Waals surface area contributed by atoms with Crippen LogP contribution in [0, 0.1) is 0 Å². The van der Waals surface area contributed by atoms with Gasteiger partial charge in [0, 0.05) is 41.6 Å². The highest BCUT2D eigenvalue weighted by molar-refractivity contribution is 6.08. The fourth-order valence-electron chi connectivity index (χ4n) is 3.42. The number of pyridine rings is 1. The standard InChI is InChI=1S/C26H31N5O2.C2HF3O2/c1-25(2,3)19-10-12-20(13-11-19)31(24(33)22-28-15-8-16-29-22)21(18-9-7-14-27-17-18)23(32)30-26(4,5)6;3-2(4,5)1(6)7/h7-17,21H,1-6H3,(H,30,32);(H,6,7).